The van der Waals surface area contributed by atoms with E-state index in [-0.39, 0.29) is 6.04 Å². The molecule has 0 aromatic heterocycles. The standard InChI is InChI=1S/C13H27N3O/c1-17-9-4-13(14)11-16-7-5-15(6-8-16)10-12-2-3-12/h12-13H,2-11,14H2,1H3. The molecule has 1 saturated carbocycles. The van der Waals surface area contributed by atoms with Gasteiger partial charge in [0.25, 0.3) is 0 Å². The summed E-state index contributed by atoms with van der Waals surface area (Å²) >= 11 is 0. The summed E-state index contributed by atoms with van der Waals surface area (Å²) < 4.78 is 5.06. The Hall–Kier alpha value is -0.160. The molecule has 100 valence electrons. The Bertz CT molecular complexity index is 213. The average Bonchev–Trinajstić information content (AvgIpc) is 3.13. The summed E-state index contributed by atoms with van der Waals surface area (Å²) in [5.74, 6) is 1.02. The van der Waals surface area contributed by atoms with Gasteiger partial charge in [-0.2, -0.15) is 0 Å². The molecule has 2 fully saturated rings. The van der Waals surface area contributed by atoms with Crippen LogP contribution >= 0.6 is 0 Å². The topological polar surface area (TPSA) is 41.7 Å². The Kier molecular flexibility index (Phi) is 5.22. The molecule has 2 aliphatic rings. The van der Waals surface area contributed by atoms with E-state index in [2.05, 4.69) is 9.80 Å². The third kappa shape index (κ3) is 4.92. The van der Waals surface area contributed by atoms with E-state index in [0.717, 1.165) is 25.5 Å². The van der Waals surface area contributed by atoms with Gasteiger partial charge in [0.15, 0.2) is 0 Å². The van der Waals surface area contributed by atoms with Crippen LogP contribution in [0.3, 0.4) is 0 Å². The van der Waals surface area contributed by atoms with Crippen molar-refractivity contribution < 1.29 is 4.74 Å². The SMILES string of the molecule is COCCC(N)CN1CCN(CC2CC2)CC1. The first-order valence-corrected chi connectivity index (χ1v) is 6.97. The summed E-state index contributed by atoms with van der Waals surface area (Å²) in [4.78, 5) is 5.12. The van der Waals surface area contributed by atoms with Crippen LogP contribution in [-0.2, 0) is 4.74 Å². The lowest BCUT2D eigenvalue weighted by molar-refractivity contribution is 0.116. The Morgan fingerprint density at radius 2 is 1.82 bits per heavy atom. The number of methoxy groups -OCH3 is 1. The summed E-state index contributed by atoms with van der Waals surface area (Å²) in [6.07, 6.45) is 3.89. The van der Waals surface area contributed by atoms with Gasteiger partial charge in [0.1, 0.15) is 0 Å². The van der Waals surface area contributed by atoms with Gasteiger partial charge < -0.3 is 15.4 Å². The summed E-state index contributed by atoms with van der Waals surface area (Å²) in [6, 6.07) is 0.268. The first-order chi connectivity index (χ1) is 8.28. The van der Waals surface area contributed by atoms with Crippen LogP contribution in [0.25, 0.3) is 0 Å². The average molecular weight is 241 g/mol. The van der Waals surface area contributed by atoms with Crippen LogP contribution in [0.1, 0.15) is 19.3 Å². The zero-order chi connectivity index (χ0) is 12.1. The number of hydrogen-bond acceptors (Lipinski definition) is 4. The fourth-order valence-electron chi connectivity index (χ4n) is 2.51. The second kappa shape index (κ2) is 6.69. The Labute approximate surface area is 105 Å². The zero-order valence-electron chi connectivity index (χ0n) is 11.1. The number of piperazine rings is 1. The summed E-state index contributed by atoms with van der Waals surface area (Å²) in [6.45, 7) is 7.98. The molecule has 1 unspecified atom stereocenters. The monoisotopic (exact) mass is 241 g/mol. The molecule has 0 bridgehead atoms. The van der Waals surface area contributed by atoms with E-state index < -0.39 is 0 Å². The van der Waals surface area contributed by atoms with Crippen molar-refractivity contribution in [2.24, 2.45) is 11.7 Å². The lowest BCUT2D eigenvalue weighted by Gasteiger charge is -2.35. The number of nitrogens with zero attached hydrogens (tertiary/aromatic N) is 2. The predicted molar refractivity (Wildman–Crippen MR) is 70.1 cm³/mol. The van der Waals surface area contributed by atoms with E-state index in [1.54, 1.807) is 7.11 Å². The first-order valence-electron chi connectivity index (χ1n) is 6.97. The highest BCUT2D eigenvalue weighted by molar-refractivity contribution is 4.81. The molecule has 1 heterocycles. The van der Waals surface area contributed by atoms with E-state index in [0.29, 0.717) is 0 Å². The van der Waals surface area contributed by atoms with Crippen molar-refractivity contribution in [2.75, 3.05) is 53.0 Å². The third-order valence-electron chi connectivity index (χ3n) is 3.86. The van der Waals surface area contributed by atoms with Crippen molar-refractivity contribution in [3.8, 4) is 0 Å². The minimum atomic E-state index is 0.268. The quantitative estimate of drug-likeness (QED) is 0.699. The maximum Gasteiger partial charge on any atom is 0.0477 e. The van der Waals surface area contributed by atoms with Crippen molar-refractivity contribution in [3.63, 3.8) is 0 Å². The molecule has 1 aliphatic heterocycles. The molecule has 2 rings (SSSR count). The second-order valence-corrected chi connectivity index (χ2v) is 5.59. The molecule has 2 N–H and O–H groups in total. The van der Waals surface area contributed by atoms with E-state index in [9.17, 15) is 0 Å². The van der Waals surface area contributed by atoms with Crippen LogP contribution in [-0.4, -0.2) is 68.8 Å². The van der Waals surface area contributed by atoms with Gasteiger partial charge >= 0.3 is 0 Å². The molecule has 1 atom stereocenters. The highest BCUT2D eigenvalue weighted by Gasteiger charge is 2.26. The van der Waals surface area contributed by atoms with E-state index >= 15 is 0 Å². The van der Waals surface area contributed by atoms with E-state index in [1.165, 1.54) is 45.6 Å². The van der Waals surface area contributed by atoms with Gasteiger partial charge in [0, 0.05) is 59.0 Å². The van der Waals surface area contributed by atoms with Crippen LogP contribution in [0, 0.1) is 5.92 Å². The second-order valence-electron chi connectivity index (χ2n) is 5.59. The normalized spacial score (nSPS) is 25.1. The van der Waals surface area contributed by atoms with Gasteiger partial charge in [-0.3, -0.25) is 4.90 Å². The summed E-state index contributed by atoms with van der Waals surface area (Å²) in [5, 5.41) is 0. The minimum absolute atomic E-state index is 0.268. The van der Waals surface area contributed by atoms with Crippen molar-refractivity contribution in [1.29, 1.82) is 0 Å². The van der Waals surface area contributed by atoms with Crippen LogP contribution in [0.5, 0.6) is 0 Å². The lowest BCUT2D eigenvalue weighted by atomic mass is 10.2. The largest absolute Gasteiger partial charge is 0.385 e. The zero-order valence-corrected chi connectivity index (χ0v) is 11.1. The van der Waals surface area contributed by atoms with Gasteiger partial charge in [0.2, 0.25) is 0 Å². The van der Waals surface area contributed by atoms with Gasteiger partial charge in [-0.25, -0.2) is 0 Å². The van der Waals surface area contributed by atoms with Crippen molar-refractivity contribution in [2.45, 2.75) is 25.3 Å². The third-order valence-corrected chi connectivity index (χ3v) is 3.86. The fourth-order valence-corrected chi connectivity index (χ4v) is 2.51. The molecule has 0 spiro atoms. The maximum atomic E-state index is 6.08. The number of hydrogen-bond donors (Lipinski definition) is 1. The predicted octanol–water partition coefficient (Wildman–Crippen LogP) is 0.378. The summed E-state index contributed by atoms with van der Waals surface area (Å²) in [5.41, 5.74) is 6.08. The Balaban J connectivity index is 1.57. The number of nitrogens with two attached hydrogens (primary N) is 1. The van der Waals surface area contributed by atoms with E-state index in [4.69, 9.17) is 10.5 Å². The highest BCUT2D eigenvalue weighted by atomic mass is 16.5. The molecule has 0 radical (unpaired) electrons. The first kappa shape index (κ1) is 13.3. The Morgan fingerprint density at radius 3 is 2.41 bits per heavy atom. The van der Waals surface area contributed by atoms with Crippen molar-refractivity contribution in [3.05, 3.63) is 0 Å². The van der Waals surface area contributed by atoms with Crippen LogP contribution in [0.2, 0.25) is 0 Å². The molecular formula is C13H27N3O. The lowest BCUT2D eigenvalue weighted by Crippen LogP contribution is -2.50. The molecule has 1 saturated heterocycles. The van der Waals surface area contributed by atoms with Gasteiger partial charge in [-0.15, -0.1) is 0 Å². The Morgan fingerprint density at radius 1 is 1.18 bits per heavy atom. The number of rotatable bonds is 7. The maximum absolute atomic E-state index is 6.08. The van der Waals surface area contributed by atoms with Gasteiger partial charge in [-0.05, 0) is 25.2 Å². The molecule has 1 aliphatic carbocycles. The molecule has 4 heteroatoms. The minimum Gasteiger partial charge on any atom is -0.385 e. The number of ether oxygens (including phenoxy) is 1. The molecule has 4 nitrogen and oxygen atoms in total. The van der Waals surface area contributed by atoms with Gasteiger partial charge in [0.05, 0.1) is 0 Å². The molecule has 0 aromatic carbocycles. The van der Waals surface area contributed by atoms with Crippen molar-refractivity contribution in [1.82, 2.24) is 9.80 Å². The van der Waals surface area contributed by atoms with Crippen LogP contribution in [0.4, 0.5) is 0 Å². The fraction of sp³-hybridized carbons (Fsp3) is 1.00. The van der Waals surface area contributed by atoms with E-state index in [1.807, 2.05) is 0 Å². The molecule has 0 aromatic rings. The van der Waals surface area contributed by atoms with Crippen LogP contribution < -0.4 is 5.73 Å². The smallest absolute Gasteiger partial charge is 0.0477 e. The molecule has 17 heavy (non-hydrogen) atoms. The molecular weight excluding hydrogens is 214 g/mol. The van der Waals surface area contributed by atoms with Gasteiger partial charge in [-0.1, -0.05) is 0 Å². The van der Waals surface area contributed by atoms with Crippen molar-refractivity contribution >= 4 is 0 Å². The highest BCUT2D eigenvalue weighted by Crippen LogP contribution is 2.29. The molecule has 0 amide bonds. The van der Waals surface area contributed by atoms with Crippen LogP contribution in [0.15, 0.2) is 0 Å². The summed E-state index contributed by atoms with van der Waals surface area (Å²) in [7, 11) is 1.74.